The summed E-state index contributed by atoms with van der Waals surface area (Å²) < 4.78 is 10.7. The number of rotatable bonds is 6. The van der Waals surface area contributed by atoms with E-state index in [0.29, 0.717) is 13.2 Å². The van der Waals surface area contributed by atoms with E-state index in [1.165, 1.54) is 9.75 Å². The zero-order chi connectivity index (χ0) is 11.2. The molecule has 0 saturated heterocycles. The Hall–Kier alpha value is -1.10. The molecule has 0 bridgehead atoms. The van der Waals surface area contributed by atoms with E-state index < -0.39 is 0 Å². The van der Waals surface area contributed by atoms with Crippen molar-refractivity contribution in [1.29, 1.82) is 0 Å². The van der Waals surface area contributed by atoms with Crippen molar-refractivity contribution in [2.45, 2.75) is 19.8 Å². The second-order valence-electron chi connectivity index (χ2n) is 3.47. The van der Waals surface area contributed by atoms with Crippen LogP contribution in [-0.2, 0) is 24.5 Å². The Kier molecular flexibility index (Phi) is 4.16. The molecular weight excluding hydrogens is 222 g/mol. The largest absolute Gasteiger partial charge is 0.467 e. The van der Waals surface area contributed by atoms with Crippen LogP contribution in [0.2, 0.25) is 0 Å². The molecule has 0 aliphatic rings. The van der Waals surface area contributed by atoms with Crippen molar-refractivity contribution in [3.8, 4) is 0 Å². The van der Waals surface area contributed by atoms with Crippen molar-refractivity contribution in [3.05, 3.63) is 46.0 Å². The lowest BCUT2D eigenvalue weighted by molar-refractivity contribution is 0.0948. The van der Waals surface area contributed by atoms with Gasteiger partial charge in [0.05, 0.1) is 12.9 Å². The maximum absolute atomic E-state index is 5.55. The SMILES string of the molecule is CNCc1ccc(COCc2ccco2)s1. The highest BCUT2D eigenvalue weighted by Crippen LogP contribution is 2.17. The van der Waals surface area contributed by atoms with Gasteiger partial charge in [-0.05, 0) is 31.3 Å². The van der Waals surface area contributed by atoms with Crippen LogP contribution in [-0.4, -0.2) is 7.05 Å². The normalized spacial score (nSPS) is 10.8. The molecule has 0 fully saturated rings. The molecule has 0 unspecified atom stereocenters. The maximum Gasteiger partial charge on any atom is 0.129 e. The molecule has 0 atom stereocenters. The van der Waals surface area contributed by atoms with Crippen LogP contribution in [0.25, 0.3) is 0 Å². The average Bonchev–Trinajstić information content (AvgIpc) is 2.90. The van der Waals surface area contributed by atoms with Crippen molar-refractivity contribution in [1.82, 2.24) is 5.32 Å². The van der Waals surface area contributed by atoms with Gasteiger partial charge in [0.1, 0.15) is 12.4 Å². The standard InChI is InChI=1S/C12H15NO2S/c1-13-7-11-4-5-12(16-11)9-14-8-10-3-2-6-15-10/h2-6,13H,7-9H2,1H3. The Morgan fingerprint density at radius 1 is 1.25 bits per heavy atom. The van der Waals surface area contributed by atoms with Crippen LogP contribution in [0.15, 0.2) is 34.9 Å². The molecule has 2 aromatic heterocycles. The van der Waals surface area contributed by atoms with E-state index in [9.17, 15) is 0 Å². The lowest BCUT2D eigenvalue weighted by Gasteiger charge is -1.99. The fourth-order valence-corrected chi connectivity index (χ4v) is 2.38. The second-order valence-corrected chi connectivity index (χ2v) is 4.72. The number of nitrogens with one attached hydrogen (secondary N) is 1. The summed E-state index contributed by atoms with van der Waals surface area (Å²) in [6.07, 6.45) is 1.66. The highest BCUT2D eigenvalue weighted by atomic mass is 32.1. The third-order valence-corrected chi connectivity index (χ3v) is 3.20. The number of thiophene rings is 1. The fourth-order valence-electron chi connectivity index (χ4n) is 1.42. The van der Waals surface area contributed by atoms with Crippen molar-refractivity contribution in [2.24, 2.45) is 0 Å². The summed E-state index contributed by atoms with van der Waals surface area (Å²) in [4.78, 5) is 2.58. The molecule has 0 aliphatic heterocycles. The number of furan rings is 1. The van der Waals surface area contributed by atoms with Crippen LogP contribution in [0.3, 0.4) is 0 Å². The van der Waals surface area contributed by atoms with Gasteiger partial charge in [-0.3, -0.25) is 0 Å². The molecule has 0 amide bonds. The van der Waals surface area contributed by atoms with Gasteiger partial charge >= 0.3 is 0 Å². The molecule has 2 heterocycles. The molecule has 16 heavy (non-hydrogen) atoms. The first-order valence-corrected chi connectivity index (χ1v) is 6.02. The summed E-state index contributed by atoms with van der Waals surface area (Å²) >= 11 is 1.78. The smallest absolute Gasteiger partial charge is 0.129 e. The third kappa shape index (κ3) is 3.20. The van der Waals surface area contributed by atoms with Crippen LogP contribution in [0.5, 0.6) is 0 Å². The quantitative estimate of drug-likeness (QED) is 0.839. The highest BCUT2D eigenvalue weighted by molar-refractivity contribution is 7.11. The Labute approximate surface area is 99.0 Å². The molecule has 0 saturated carbocycles. The van der Waals surface area contributed by atoms with Gasteiger partial charge in [0.2, 0.25) is 0 Å². The first-order chi connectivity index (χ1) is 7.88. The number of ether oxygens (including phenoxy) is 1. The minimum atomic E-state index is 0.534. The van der Waals surface area contributed by atoms with Crippen molar-refractivity contribution in [3.63, 3.8) is 0 Å². The minimum Gasteiger partial charge on any atom is -0.467 e. The van der Waals surface area contributed by atoms with Crippen molar-refractivity contribution >= 4 is 11.3 Å². The van der Waals surface area contributed by atoms with E-state index in [2.05, 4.69) is 17.4 Å². The summed E-state index contributed by atoms with van der Waals surface area (Å²) in [5, 5.41) is 3.13. The Balaban J connectivity index is 1.76. The lowest BCUT2D eigenvalue weighted by Crippen LogP contribution is -2.02. The summed E-state index contributed by atoms with van der Waals surface area (Å²) in [6, 6.07) is 8.03. The van der Waals surface area contributed by atoms with E-state index >= 15 is 0 Å². The highest BCUT2D eigenvalue weighted by Gasteiger charge is 2.00. The zero-order valence-corrected chi connectivity index (χ0v) is 10.0. The van der Waals surface area contributed by atoms with E-state index in [4.69, 9.17) is 9.15 Å². The van der Waals surface area contributed by atoms with Crippen molar-refractivity contribution in [2.75, 3.05) is 7.05 Å². The number of hydrogen-bond donors (Lipinski definition) is 1. The van der Waals surface area contributed by atoms with E-state index in [1.54, 1.807) is 17.6 Å². The van der Waals surface area contributed by atoms with E-state index in [-0.39, 0.29) is 0 Å². The van der Waals surface area contributed by atoms with Crippen LogP contribution >= 0.6 is 11.3 Å². The van der Waals surface area contributed by atoms with Gasteiger partial charge in [-0.1, -0.05) is 0 Å². The first kappa shape index (κ1) is 11.4. The monoisotopic (exact) mass is 237 g/mol. The topological polar surface area (TPSA) is 34.4 Å². The zero-order valence-electron chi connectivity index (χ0n) is 9.23. The predicted octanol–water partition coefficient (Wildman–Crippen LogP) is 2.78. The average molecular weight is 237 g/mol. The number of hydrogen-bond acceptors (Lipinski definition) is 4. The van der Waals surface area contributed by atoms with Gasteiger partial charge in [-0.15, -0.1) is 11.3 Å². The molecule has 0 aliphatic carbocycles. The molecule has 2 aromatic rings. The summed E-state index contributed by atoms with van der Waals surface area (Å²) in [7, 11) is 1.95. The van der Waals surface area contributed by atoms with Crippen LogP contribution < -0.4 is 5.32 Å². The molecule has 86 valence electrons. The van der Waals surface area contributed by atoms with Gasteiger partial charge in [0.25, 0.3) is 0 Å². The van der Waals surface area contributed by atoms with Gasteiger partial charge in [0, 0.05) is 16.3 Å². The van der Waals surface area contributed by atoms with E-state index in [0.717, 1.165) is 12.3 Å². The fraction of sp³-hybridized carbons (Fsp3) is 0.333. The minimum absolute atomic E-state index is 0.534. The maximum atomic E-state index is 5.55. The first-order valence-electron chi connectivity index (χ1n) is 5.21. The van der Waals surface area contributed by atoms with Gasteiger partial charge in [-0.25, -0.2) is 0 Å². The molecule has 1 N–H and O–H groups in total. The second kappa shape index (κ2) is 5.84. The molecule has 0 spiro atoms. The molecule has 2 rings (SSSR count). The summed E-state index contributed by atoms with van der Waals surface area (Å²) in [6.45, 7) is 2.10. The van der Waals surface area contributed by atoms with Crippen molar-refractivity contribution < 1.29 is 9.15 Å². The summed E-state index contributed by atoms with van der Waals surface area (Å²) in [5.74, 6) is 0.868. The predicted molar refractivity (Wildman–Crippen MR) is 64.3 cm³/mol. The Morgan fingerprint density at radius 2 is 2.12 bits per heavy atom. The third-order valence-electron chi connectivity index (χ3n) is 2.14. The lowest BCUT2D eigenvalue weighted by atomic mass is 10.4. The molecule has 3 nitrogen and oxygen atoms in total. The van der Waals surface area contributed by atoms with Crippen LogP contribution in [0.1, 0.15) is 15.5 Å². The Bertz CT molecular complexity index is 408. The van der Waals surface area contributed by atoms with Crippen LogP contribution in [0.4, 0.5) is 0 Å². The van der Waals surface area contributed by atoms with Crippen LogP contribution in [0, 0.1) is 0 Å². The van der Waals surface area contributed by atoms with Gasteiger partial charge in [0.15, 0.2) is 0 Å². The molecule has 0 aromatic carbocycles. The van der Waals surface area contributed by atoms with Gasteiger partial charge < -0.3 is 14.5 Å². The van der Waals surface area contributed by atoms with E-state index in [1.807, 2.05) is 19.2 Å². The molecular formula is C12H15NO2S. The molecule has 0 radical (unpaired) electrons. The molecule has 4 heteroatoms. The summed E-state index contributed by atoms with van der Waals surface area (Å²) in [5.41, 5.74) is 0. The van der Waals surface area contributed by atoms with Gasteiger partial charge in [-0.2, -0.15) is 0 Å². The Morgan fingerprint density at radius 3 is 2.88 bits per heavy atom.